The summed E-state index contributed by atoms with van der Waals surface area (Å²) in [4.78, 5) is 0. The van der Waals surface area contributed by atoms with Crippen LogP contribution in [0.25, 0.3) is 0 Å². The Kier molecular flexibility index (Phi) is 9.10. The topological polar surface area (TPSA) is 18.5 Å². The minimum absolute atomic E-state index is 0.441. The highest BCUT2D eigenvalue weighted by Gasteiger charge is 2.10. The Hall–Kier alpha value is -0.426. The van der Waals surface area contributed by atoms with E-state index in [-0.39, 0.29) is 0 Å². The molecule has 0 fully saturated rings. The number of hydrogen-bond acceptors (Lipinski definition) is 2. The third kappa shape index (κ3) is 5.91. The second kappa shape index (κ2) is 10.3. The summed E-state index contributed by atoms with van der Waals surface area (Å²) in [6.07, 6.45) is 5.36. The molecule has 1 aromatic carbocycles. The first-order valence-corrected chi connectivity index (χ1v) is 10.6. The van der Waals surface area contributed by atoms with Crippen LogP contribution >= 0.6 is 0 Å². The van der Waals surface area contributed by atoms with Crippen molar-refractivity contribution in [3.63, 3.8) is 0 Å². The highest BCUT2D eigenvalue weighted by atomic mass is 28.2. The van der Waals surface area contributed by atoms with Crippen molar-refractivity contribution in [3.05, 3.63) is 24.3 Å². The molecule has 1 rings (SSSR count). The van der Waals surface area contributed by atoms with E-state index < -0.39 is 19.5 Å². The summed E-state index contributed by atoms with van der Waals surface area (Å²) in [7, 11) is -1.22. The molecule has 0 bridgehead atoms. The van der Waals surface area contributed by atoms with Crippen molar-refractivity contribution < 1.29 is 8.85 Å². The van der Waals surface area contributed by atoms with Crippen LogP contribution in [0.15, 0.2) is 24.3 Å². The monoisotopic (exact) mass is 310 g/mol. The molecule has 0 saturated carbocycles. The molecule has 0 radical (unpaired) electrons. The summed E-state index contributed by atoms with van der Waals surface area (Å²) < 4.78 is 12.3. The molecule has 0 atom stereocenters. The zero-order chi connectivity index (χ0) is 14.8. The van der Waals surface area contributed by atoms with Gasteiger partial charge in [-0.25, -0.2) is 0 Å². The third-order valence-corrected chi connectivity index (χ3v) is 7.67. The molecule has 0 aliphatic rings. The molecule has 0 heterocycles. The summed E-state index contributed by atoms with van der Waals surface area (Å²) in [5.74, 6) is 0. The van der Waals surface area contributed by atoms with Crippen LogP contribution in [0.1, 0.15) is 53.4 Å². The molecule has 0 aromatic heterocycles. The fourth-order valence-corrected chi connectivity index (χ4v) is 5.76. The van der Waals surface area contributed by atoms with Gasteiger partial charge in [-0.3, -0.25) is 0 Å². The summed E-state index contributed by atoms with van der Waals surface area (Å²) in [6.45, 7) is 8.83. The minimum atomic E-state index is -0.612. The predicted molar refractivity (Wildman–Crippen MR) is 93.7 cm³/mol. The van der Waals surface area contributed by atoms with Crippen molar-refractivity contribution in [2.45, 2.75) is 65.6 Å². The van der Waals surface area contributed by atoms with E-state index in [1.54, 1.807) is 0 Å². The summed E-state index contributed by atoms with van der Waals surface area (Å²) in [5, 5.41) is 2.91. The van der Waals surface area contributed by atoms with Crippen LogP contribution in [0.2, 0.25) is 0 Å². The second-order valence-corrected chi connectivity index (χ2v) is 8.04. The predicted octanol–water partition coefficient (Wildman–Crippen LogP) is 1.52. The highest BCUT2D eigenvalue weighted by molar-refractivity contribution is 6.61. The molecule has 2 nitrogen and oxygen atoms in total. The molecule has 0 N–H and O–H groups in total. The Labute approximate surface area is 129 Å². The van der Waals surface area contributed by atoms with Crippen molar-refractivity contribution in [2.75, 3.05) is 0 Å². The minimum Gasteiger partial charge on any atom is -0.416 e. The lowest BCUT2D eigenvalue weighted by molar-refractivity contribution is 0.205. The smallest absolute Gasteiger partial charge is 0.192 e. The fraction of sp³-hybridized carbons (Fsp3) is 0.625. The van der Waals surface area contributed by atoms with Crippen molar-refractivity contribution >= 4 is 29.9 Å². The number of benzene rings is 1. The number of hydrogen-bond donors (Lipinski definition) is 0. The summed E-state index contributed by atoms with van der Waals surface area (Å²) >= 11 is 0. The lowest BCUT2D eigenvalue weighted by Gasteiger charge is -2.18. The van der Waals surface area contributed by atoms with E-state index in [2.05, 4.69) is 52.0 Å². The standard InChI is InChI=1S/C16H30O2Si2/c1-5-13(6-2)17-19-15-11-9-10-12-16(15)20-18-14(7-3)8-4/h9-14H,5-8,19-20H2,1-4H3. The maximum atomic E-state index is 6.13. The number of rotatable bonds is 10. The quantitative estimate of drug-likeness (QED) is 0.610. The largest absolute Gasteiger partial charge is 0.416 e. The molecular weight excluding hydrogens is 280 g/mol. The first-order valence-electron chi connectivity index (χ1n) is 8.04. The van der Waals surface area contributed by atoms with Gasteiger partial charge in [0.2, 0.25) is 0 Å². The van der Waals surface area contributed by atoms with Gasteiger partial charge in [-0.15, -0.1) is 0 Å². The van der Waals surface area contributed by atoms with Gasteiger partial charge in [0.15, 0.2) is 19.5 Å². The van der Waals surface area contributed by atoms with Crippen LogP contribution in [0.5, 0.6) is 0 Å². The molecule has 0 amide bonds. The van der Waals surface area contributed by atoms with Gasteiger partial charge < -0.3 is 8.85 Å². The van der Waals surface area contributed by atoms with Crippen molar-refractivity contribution in [1.82, 2.24) is 0 Å². The van der Waals surface area contributed by atoms with Crippen LogP contribution < -0.4 is 10.4 Å². The van der Waals surface area contributed by atoms with Gasteiger partial charge in [0.05, 0.1) is 0 Å². The van der Waals surface area contributed by atoms with E-state index in [1.807, 2.05) is 0 Å². The molecule has 0 aliphatic heterocycles. The summed E-state index contributed by atoms with van der Waals surface area (Å²) in [5.41, 5.74) is 0. The zero-order valence-electron chi connectivity index (χ0n) is 13.5. The van der Waals surface area contributed by atoms with Crippen LogP contribution in [0, 0.1) is 0 Å². The van der Waals surface area contributed by atoms with Gasteiger partial charge in [0, 0.05) is 12.2 Å². The lowest BCUT2D eigenvalue weighted by atomic mass is 10.2. The molecule has 0 aliphatic carbocycles. The molecule has 20 heavy (non-hydrogen) atoms. The average molecular weight is 311 g/mol. The molecule has 0 saturated heterocycles. The van der Waals surface area contributed by atoms with E-state index >= 15 is 0 Å². The Morgan fingerprint density at radius 1 is 0.750 bits per heavy atom. The van der Waals surface area contributed by atoms with Gasteiger partial charge >= 0.3 is 0 Å². The van der Waals surface area contributed by atoms with Crippen LogP contribution in [-0.4, -0.2) is 31.7 Å². The van der Waals surface area contributed by atoms with E-state index in [0.29, 0.717) is 12.2 Å². The Morgan fingerprint density at radius 3 is 1.40 bits per heavy atom. The maximum absolute atomic E-state index is 6.13. The molecule has 4 heteroatoms. The van der Waals surface area contributed by atoms with E-state index in [0.717, 1.165) is 25.7 Å². The molecule has 1 aromatic rings. The normalized spacial score (nSPS) is 12.7. The molecular formula is C16H30O2Si2. The van der Waals surface area contributed by atoms with Crippen LogP contribution in [-0.2, 0) is 8.85 Å². The maximum Gasteiger partial charge on any atom is 0.192 e. The fourth-order valence-electron chi connectivity index (χ4n) is 2.30. The van der Waals surface area contributed by atoms with Crippen molar-refractivity contribution in [2.24, 2.45) is 0 Å². The van der Waals surface area contributed by atoms with Gasteiger partial charge in [0.25, 0.3) is 0 Å². The molecule has 0 spiro atoms. The van der Waals surface area contributed by atoms with E-state index in [4.69, 9.17) is 8.85 Å². The Bertz CT molecular complexity index is 328. The van der Waals surface area contributed by atoms with E-state index in [9.17, 15) is 0 Å². The third-order valence-electron chi connectivity index (χ3n) is 3.89. The van der Waals surface area contributed by atoms with Gasteiger partial charge in [-0.05, 0) is 36.1 Å². The highest BCUT2D eigenvalue weighted by Crippen LogP contribution is 2.02. The second-order valence-electron chi connectivity index (χ2n) is 5.27. The Morgan fingerprint density at radius 2 is 1.10 bits per heavy atom. The average Bonchev–Trinajstić information content (AvgIpc) is 2.50. The SMILES string of the molecule is CCC(CC)O[SiH2]c1ccccc1[SiH2]OC(CC)CC. The lowest BCUT2D eigenvalue weighted by Crippen LogP contribution is -2.40. The van der Waals surface area contributed by atoms with Crippen LogP contribution in [0.3, 0.4) is 0 Å². The molecule has 114 valence electrons. The first kappa shape index (κ1) is 17.6. The van der Waals surface area contributed by atoms with Gasteiger partial charge in [-0.1, -0.05) is 52.0 Å². The van der Waals surface area contributed by atoms with Gasteiger partial charge in [-0.2, -0.15) is 0 Å². The van der Waals surface area contributed by atoms with Gasteiger partial charge in [0.1, 0.15) is 0 Å². The zero-order valence-corrected chi connectivity index (χ0v) is 16.4. The summed E-state index contributed by atoms with van der Waals surface area (Å²) in [6, 6.07) is 8.75. The molecule has 0 unspecified atom stereocenters. The van der Waals surface area contributed by atoms with Crippen molar-refractivity contribution in [1.29, 1.82) is 0 Å². The first-order chi connectivity index (χ1) is 9.74. The Balaban J connectivity index is 2.58. The van der Waals surface area contributed by atoms with Crippen molar-refractivity contribution in [3.8, 4) is 0 Å². The van der Waals surface area contributed by atoms with E-state index in [1.165, 1.54) is 10.4 Å². The van der Waals surface area contributed by atoms with Crippen LogP contribution in [0.4, 0.5) is 0 Å².